The van der Waals surface area contributed by atoms with Crippen molar-refractivity contribution in [3.8, 4) is 11.1 Å². The average molecular weight is 213 g/mol. The maximum atomic E-state index is 5.76. The Kier molecular flexibility index (Phi) is 3.34. The van der Waals surface area contributed by atoms with E-state index in [1.807, 2.05) is 30.3 Å². The molecule has 1 unspecified atom stereocenters. The summed E-state index contributed by atoms with van der Waals surface area (Å²) in [6.07, 6.45) is -0.343. The standard InChI is InChI=1S/C14H15NO/c1-16-14(15)13-9-7-12(8-10-13)11-5-3-2-4-6-11/h2-10,14H,15H2,1H3. The second-order valence-corrected chi connectivity index (χ2v) is 3.64. The van der Waals surface area contributed by atoms with E-state index in [4.69, 9.17) is 10.5 Å². The molecule has 1 atom stereocenters. The molecule has 0 heterocycles. The molecule has 2 aromatic rings. The quantitative estimate of drug-likeness (QED) is 0.795. The lowest BCUT2D eigenvalue weighted by Gasteiger charge is -2.10. The van der Waals surface area contributed by atoms with Gasteiger partial charge in [0.1, 0.15) is 6.23 Å². The maximum Gasteiger partial charge on any atom is 0.131 e. The minimum absolute atomic E-state index is 0.343. The summed E-state index contributed by atoms with van der Waals surface area (Å²) in [6, 6.07) is 18.4. The Labute approximate surface area is 95.7 Å². The second kappa shape index (κ2) is 4.92. The molecule has 2 rings (SSSR count). The fourth-order valence-electron chi connectivity index (χ4n) is 1.63. The third kappa shape index (κ3) is 2.30. The summed E-state index contributed by atoms with van der Waals surface area (Å²) < 4.78 is 5.06. The average Bonchev–Trinajstić information content (AvgIpc) is 2.39. The summed E-state index contributed by atoms with van der Waals surface area (Å²) in [7, 11) is 1.61. The lowest BCUT2D eigenvalue weighted by atomic mass is 10.0. The van der Waals surface area contributed by atoms with Crippen LogP contribution >= 0.6 is 0 Å². The molecular formula is C14H15NO. The summed E-state index contributed by atoms with van der Waals surface area (Å²) in [5.41, 5.74) is 9.14. The van der Waals surface area contributed by atoms with Crippen molar-refractivity contribution in [2.75, 3.05) is 7.11 Å². The SMILES string of the molecule is COC(N)c1ccc(-c2ccccc2)cc1. The molecule has 0 aliphatic rings. The van der Waals surface area contributed by atoms with Crippen LogP contribution in [0.4, 0.5) is 0 Å². The van der Waals surface area contributed by atoms with Crippen molar-refractivity contribution >= 4 is 0 Å². The van der Waals surface area contributed by atoms with Gasteiger partial charge < -0.3 is 10.5 Å². The van der Waals surface area contributed by atoms with E-state index >= 15 is 0 Å². The smallest absolute Gasteiger partial charge is 0.131 e. The molecule has 0 bridgehead atoms. The van der Waals surface area contributed by atoms with Gasteiger partial charge in [0.05, 0.1) is 0 Å². The predicted octanol–water partition coefficient (Wildman–Crippen LogP) is 2.96. The minimum atomic E-state index is -0.343. The molecule has 2 heteroatoms. The Balaban J connectivity index is 2.26. The first-order chi connectivity index (χ1) is 7.81. The molecule has 0 amide bonds. The molecular weight excluding hydrogens is 198 g/mol. The Hall–Kier alpha value is -1.64. The van der Waals surface area contributed by atoms with Gasteiger partial charge in [-0.15, -0.1) is 0 Å². The van der Waals surface area contributed by atoms with E-state index in [0.29, 0.717) is 0 Å². The largest absolute Gasteiger partial charge is 0.363 e. The minimum Gasteiger partial charge on any atom is -0.363 e. The first-order valence-corrected chi connectivity index (χ1v) is 5.25. The number of hydrogen-bond donors (Lipinski definition) is 1. The van der Waals surface area contributed by atoms with Crippen LogP contribution in [0.2, 0.25) is 0 Å². The van der Waals surface area contributed by atoms with Crippen LogP contribution in [0.1, 0.15) is 11.8 Å². The topological polar surface area (TPSA) is 35.2 Å². The van der Waals surface area contributed by atoms with Crippen LogP contribution in [0.25, 0.3) is 11.1 Å². The lowest BCUT2D eigenvalue weighted by Crippen LogP contribution is -2.11. The molecule has 0 radical (unpaired) electrons. The zero-order valence-electron chi connectivity index (χ0n) is 9.26. The summed E-state index contributed by atoms with van der Waals surface area (Å²) >= 11 is 0. The monoisotopic (exact) mass is 213 g/mol. The number of rotatable bonds is 3. The molecule has 0 saturated carbocycles. The van der Waals surface area contributed by atoms with Gasteiger partial charge in [-0.25, -0.2) is 0 Å². The maximum absolute atomic E-state index is 5.76. The lowest BCUT2D eigenvalue weighted by molar-refractivity contribution is 0.109. The highest BCUT2D eigenvalue weighted by molar-refractivity contribution is 5.63. The highest BCUT2D eigenvalue weighted by Crippen LogP contribution is 2.21. The fraction of sp³-hybridized carbons (Fsp3) is 0.143. The van der Waals surface area contributed by atoms with Crippen molar-refractivity contribution in [1.82, 2.24) is 0 Å². The second-order valence-electron chi connectivity index (χ2n) is 3.64. The Morgan fingerprint density at radius 3 is 2.00 bits per heavy atom. The van der Waals surface area contributed by atoms with Crippen molar-refractivity contribution in [1.29, 1.82) is 0 Å². The van der Waals surface area contributed by atoms with E-state index in [0.717, 1.165) is 5.56 Å². The molecule has 16 heavy (non-hydrogen) atoms. The molecule has 0 aromatic heterocycles. The van der Waals surface area contributed by atoms with Gasteiger partial charge in [-0.3, -0.25) is 0 Å². The van der Waals surface area contributed by atoms with Gasteiger partial charge in [-0.1, -0.05) is 54.6 Å². The summed E-state index contributed by atoms with van der Waals surface area (Å²) in [5, 5.41) is 0. The first-order valence-electron chi connectivity index (χ1n) is 5.25. The molecule has 0 aliphatic heterocycles. The van der Waals surface area contributed by atoms with Crippen molar-refractivity contribution in [2.24, 2.45) is 5.73 Å². The van der Waals surface area contributed by atoms with Gasteiger partial charge in [-0.05, 0) is 16.7 Å². The zero-order chi connectivity index (χ0) is 11.4. The van der Waals surface area contributed by atoms with E-state index in [-0.39, 0.29) is 6.23 Å². The zero-order valence-corrected chi connectivity index (χ0v) is 9.26. The highest BCUT2D eigenvalue weighted by Gasteiger charge is 2.03. The van der Waals surface area contributed by atoms with Crippen LogP contribution in [0.15, 0.2) is 54.6 Å². The van der Waals surface area contributed by atoms with E-state index in [9.17, 15) is 0 Å². The predicted molar refractivity (Wildman–Crippen MR) is 65.8 cm³/mol. The molecule has 0 fully saturated rings. The molecule has 2 N–H and O–H groups in total. The third-order valence-electron chi connectivity index (χ3n) is 2.60. The van der Waals surface area contributed by atoms with Crippen molar-refractivity contribution in [3.63, 3.8) is 0 Å². The van der Waals surface area contributed by atoms with E-state index < -0.39 is 0 Å². The summed E-state index contributed by atoms with van der Waals surface area (Å²) in [6.45, 7) is 0. The van der Waals surface area contributed by atoms with Crippen molar-refractivity contribution < 1.29 is 4.74 Å². The van der Waals surface area contributed by atoms with Gasteiger partial charge in [0.15, 0.2) is 0 Å². The van der Waals surface area contributed by atoms with Crippen LogP contribution < -0.4 is 5.73 Å². The Bertz CT molecular complexity index is 436. The normalized spacial score (nSPS) is 12.4. The van der Waals surface area contributed by atoms with Gasteiger partial charge >= 0.3 is 0 Å². The van der Waals surface area contributed by atoms with Crippen LogP contribution in [-0.4, -0.2) is 7.11 Å². The first kappa shape index (κ1) is 10.9. The van der Waals surface area contributed by atoms with Gasteiger partial charge in [0, 0.05) is 7.11 Å². The van der Waals surface area contributed by atoms with Gasteiger partial charge in [0.25, 0.3) is 0 Å². The molecule has 0 aliphatic carbocycles. The molecule has 2 nitrogen and oxygen atoms in total. The number of hydrogen-bond acceptors (Lipinski definition) is 2. The number of nitrogens with two attached hydrogens (primary N) is 1. The highest BCUT2D eigenvalue weighted by atomic mass is 16.5. The molecule has 0 saturated heterocycles. The van der Waals surface area contributed by atoms with Crippen LogP contribution in [0.3, 0.4) is 0 Å². The van der Waals surface area contributed by atoms with E-state index in [2.05, 4.69) is 24.3 Å². The Morgan fingerprint density at radius 1 is 0.875 bits per heavy atom. The summed E-state index contributed by atoms with van der Waals surface area (Å²) in [4.78, 5) is 0. The van der Waals surface area contributed by atoms with E-state index in [1.54, 1.807) is 7.11 Å². The number of methoxy groups -OCH3 is 1. The third-order valence-corrected chi connectivity index (χ3v) is 2.60. The van der Waals surface area contributed by atoms with Gasteiger partial charge in [-0.2, -0.15) is 0 Å². The number of benzene rings is 2. The van der Waals surface area contributed by atoms with Crippen molar-refractivity contribution in [2.45, 2.75) is 6.23 Å². The summed E-state index contributed by atoms with van der Waals surface area (Å²) in [5.74, 6) is 0. The van der Waals surface area contributed by atoms with Crippen LogP contribution in [-0.2, 0) is 4.74 Å². The van der Waals surface area contributed by atoms with E-state index in [1.165, 1.54) is 11.1 Å². The molecule has 0 spiro atoms. The molecule has 2 aromatic carbocycles. The molecule has 82 valence electrons. The van der Waals surface area contributed by atoms with Gasteiger partial charge in [0.2, 0.25) is 0 Å². The number of ether oxygens (including phenoxy) is 1. The Morgan fingerprint density at radius 2 is 1.44 bits per heavy atom. The van der Waals surface area contributed by atoms with Crippen LogP contribution in [0, 0.1) is 0 Å². The van der Waals surface area contributed by atoms with Crippen molar-refractivity contribution in [3.05, 3.63) is 60.2 Å². The van der Waals surface area contributed by atoms with Crippen LogP contribution in [0.5, 0.6) is 0 Å². The fourth-order valence-corrected chi connectivity index (χ4v) is 1.63.